The van der Waals surface area contributed by atoms with Crippen molar-refractivity contribution in [3.8, 4) is 28.5 Å². The van der Waals surface area contributed by atoms with Crippen LogP contribution >= 0.6 is 0 Å². The highest BCUT2D eigenvalue weighted by Gasteiger charge is 2.41. The predicted octanol–water partition coefficient (Wildman–Crippen LogP) is 4.14. The molecule has 2 aromatic carbocycles. The van der Waals surface area contributed by atoms with E-state index in [4.69, 9.17) is 9.47 Å². The van der Waals surface area contributed by atoms with Gasteiger partial charge in [-0.15, -0.1) is 0 Å². The van der Waals surface area contributed by atoms with E-state index in [1.165, 1.54) is 7.11 Å². The van der Waals surface area contributed by atoms with Crippen molar-refractivity contribution >= 4 is 5.91 Å². The van der Waals surface area contributed by atoms with E-state index in [2.05, 4.69) is 10.2 Å². The minimum Gasteiger partial charge on any atom is -0.504 e. The van der Waals surface area contributed by atoms with Crippen molar-refractivity contribution in [3.63, 3.8) is 0 Å². The maximum Gasteiger partial charge on any atom is 0.273 e. The number of rotatable bonds is 7. The van der Waals surface area contributed by atoms with Crippen LogP contribution in [0.25, 0.3) is 11.3 Å². The maximum atomic E-state index is 13.1. The summed E-state index contributed by atoms with van der Waals surface area (Å²) in [6.07, 6.45) is 0.827. The number of fused-ring (bicyclic) bond motifs is 1. The van der Waals surface area contributed by atoms with Crippen LogP contribution in [0.1, 0.15) is 47.9 Å². The normalized spacial score (nSPS) is 15.4. The van der Waals surface area contributed by atoms with Crippen LogP contribution in [0.2, 0.25) is 0 Å². The van der Waals surface area contributed by atoms with Crippen molar-refractivity contribution in [2.75, 3.05) is 20.3 Å². The SMILES string of the molecule is CCCN1C(=O)c2[nH]nc(-c3ccc(OCC)cc3)c2[C@@H]1c1ccc(O)c(OC)c1. The molecule has 3 aromatic rings. The number of carbonyl (C=O) groups excluding carboxylic acids is 1. The van der Waals surface area contributed by atoms with E-state index in [0.29, 0.717) is 24.6 Å². The van der Waals surface area contributed by atoms with Crippen molar-refractivity contribution < 1.29 is 19.4 Å². The quantitative estimate of drug-likeness (QED) is 0.614. The molecule has 0 saturated carbocycles. The number of H-pyrrole nitrogens is 1. The first-order valence-corrected chi connectivity index (χ1v) is 10.1. The molecule has 0 spiro atoms. The van der Waals surface area contributed by atoms with E-state index in [1.54, 1.807) is 12.1 Å². The van der Waals surface area contributed by atoms with Crippen molar-refractivity contribution in [2.24, 2.45) is 0 Å². The largest absolute Gasteiger partial charge is 0.504 e. The molecule has 2 heterocycles. The molecule has 0 bridgehead atoms. The van der Waals surface area contributed by atoms with Gasteiger partial charge in [0.1, 0.15) is 11.4 Å². The average Bonchev–Trinajstić information content (AvgIpc) is 3.29. The Labute approximate surface area is 175 Å². The van der Waals surface area contributed by atoms with Gasteiger partial charge in [-0.2, -0.15) is 5.10 Å². The number of carbonyl (C=O) groups is 1. The number of aromatic amines is 1. The molecule has 0 aliphatic carbocycles. The fourth-order valence-corrected chi connectivity index (χ4v) is 3.97. The standard InChI is InChI=1S/C23H25N3O4/c1-4-12-26-22(15-8-11-17(27)18(13-15)29-3)19-20(24-25-21(19)23(26)28)14-6-9-16(10-7-14)30-5-2/h6-11,13,22,27H,4-5,12H2,1-3H3,(H,24,25)/t22-/m0/s1. The molecule has 1 amide bonds. The van der Waals surface area contributed by atoms with Crippen LogP contribution < -0.4 is 9.47 Å². The molecular weight excluding hydrogens is 382 g/mol. The number of nitrogens with zero attached hydrogens (tertiary/aromatic N) is 2. The van der Waals surface area contributed by atoms with Crippen LogP contribution in [0.3, 0.4) is 0 Å². The van der Waals surface area contributed by atoms with E-state index >= 15 is 0 Å². The van der Waals surface area contributed by atoms with Crippen LogP contribution in [0.5, 0.6) is 17.2 Å². The van der Waals surface area contributed by atoms with Gasteiger partial charge in [0.2, 0.25) is 0 Å². The molecular formula is C23H25N3O4. The molecule has 0 unspecified atom stereocenters. The lowest BCUT2D eigenvalue weighted by Crippen LogP contribution is -2.30. The van der Waals surface area contributed by atoms with E-state index in [0.717, 1.165) is 34.6 Å². The molecule has 1 aliphatic rings. The second-order valence-electron chi connectivity index (χ2n) is 7.15. The smallest absolute Gasteiger partial charge is 0.273 e. The summed E-state index contributed by atoms with van der Waals surface area (Å²) in [4.78, 5) is 15.0. The lowest BCUT2D eigenvalue weighted by atomic mass is 9.95. The Bertz CT molecular complexity index is 1060. The number of hydrogen-bond donors (Lipinski definition) is 2. The van der Waals surface area contributed by atoms with Gasteiger partial charge in [-0.3, -0.25) is 9.89 Å². The number of ether oxygens (including phenoxy) is 2. The van der Waals surface area contributed by atoms with E-state index < -0.39 is 0 Å². The van der Waals surface area contributed by atoms with Crippen LogP contribution in [-0.4, -0.2) is 46.4 Å². The van der Waals surface area contributed by atoms with E-state index in [1.807, 2.05) is 49.1 Å². The molecule has 7 heteroatoms. The first kappa shape index (κ1) is 19.8. The first-order valence-electron chi connectivity index (χ1n) is 10.1. The second kappa shape index (κ2) is 8.10. The summed E-state index contributed by atoms with van der Waals surface area (Å²) in [6.45, 7) is 5.19. The van der Waals surface area contributed by atoms with Crippen LogP contribution in [0, 0.1) is 0 Å². The number of hydrogen-bond acceptors (Lipinski definition) is 5. The highest BCUT2D eigenvalue weighted by atomic mass is 16.5. The molecule has 0 radical (unpaired) electrons. The number of aromatic hydroxyl groups is 1. The number of amides is 1. The van der Waals surface area contributed by atoms with Crippen LogP contribution in [-0.2, 0) is 0 Å². The molecule has 30 heavy (non-hydrogen) atoms. The highest BCUT2D eigenvalue weighted by molar-refractivity contribution is 6.00. The first-order chi connectivity index (χ1) is 14.6. The second-order valence-corrected chi connectivity index (χ2v) is 7.15. The number of nitrogens with one attached hydrogen (secondary N) is 1. The maximum absolute atomic E-state index is 13.1. The molecule has 2 N–H and O–H groups in total. The molecule has 0 fully saturated rings. The van der Waals surface area contributed by atoms with Crippen molar-refractivity contribution in [1.82, 2.24) is 15.1 Å². The number of phenols is 1. The predicted molar refractivity (Wildman–Crippen MR) is 113 cm³/mol. The van der Waals surface area contributed by atoms with Gasteiger partial charge in [0.15, 0.2) is 11.5 Å². The zero-order valence-corrected chi connectivity index (χ0v) is 17.3. The average molecular weight is 407 g/mol. The zero-order chi connectivity index (χ0) is 21.3. The molecule has 0 saturated heterocycles. The fourth-order valence-electron chi connectivity index (χ4n) is 3.97. The molecule has 156 valence electrons. The zero-order valence-electron chi connectivity index (χ0n) is 17.3. The monoisotopic (exact) mass is 407 g/mol. The summed E-state index contributed by atoms with van der Waals surface area (Å²) in [5, 5.41) is 17.4. The highest BCUT2D eigenvalue weighted by Crippen LogP contribution is 2.44. The summed E-state index contributed by atoms with van der Waals surface area (Å²) >= 11 is 0. The number of aromatic nitrogens is 2. The third-order valence-corrected chi connectivity index (χ3v) is 5.29. The Balaban J connectivity index is 1.83. The van der Waals surface area contributed by atoms with Gasteiger partial charge in [-0.1, -0.05) is 13.0 Å². The Morgan fingerprint density at radius 3 is 2.60 bits per heavy atom. The minimum absolute atomic E-state index is 0.0618. The minimum atomic E-state index is -0.317. The fraction of sp³-hybridized carbons (Fsp3) is 0.304. The van der Waals surface area contributed by atoms with Gasteiger partial charge < -0.3 is 19.5 Å². The van der Waals surface area contributed by atoms with Gasteiger partial charge in [0, 0.05) is 17.7 Å². The summed E-state index contributed by atoms with van der Waals surface area (Å²) in [7, 11) is 1.51. The molecule has 4 rings (SSSR count). The van der Waals surface area contributed by atoms with Crippen LogP contribution in [0.15, 0.2) is 42.5 Å². The summed E-state index contributed by atoms with van der Waals surface area (Å²) < 4.78 is 10.8. The Kier molecular flexibility index (Phi) is 5.35. The van der Waals surface area contributed by atoms with Gasteiger partial charge in [-0.25, -0.2) is 0 Å². The van der Waals surface area contributed by atoms with Crippen molar-refractivity contribution in [3.05, 3.63) is 59.3 Å². The van der Waals surface area contributed by atoms with Gasteiger partial charge in [-0.05, 0) is 55.3 Å². The Morgan fingerprint density at radius 1 is 1.17 bits per heavy atom. The lowest BCUT2D eigenvalue weighted by Gasteiger charge is -2.26. The third kappa shape index (κ3) is 3.26. The molecule has 7 nitrogen and oxygen atoms in total. The van der Waals surface area contributed by atoms with Gasteiger partial charge in [0.25, 0.3) is 5.91 Å². The molecule has 1 aromatic heterocycles. The molecule has 1 aliphatic heterocycles. The molecule has 1 atom stereocenters. The van der Waals surface area contributed by atoms with Gasteiger partial charge in [0.05, 0.1) is 25.5 Å². The summed E-state index contributed by atoms with van der Waals surface area (Å²) in [5.41, 5.74) is 3.84. The van der Waals surface area contributed by atoms with E-state index in [9.17, 15) is 9.90 Å². The van der Waals surface area contributed by atoms with Gasteiger partial charge >= 0.3 is 0 Å². The Morgan fingerprint density at radius 2 is 1.93 bits per heavy atom. The lowest BCUT2D eigenvalue weighted by molar-refractivity contribution is 0.0744. The number of phenolic OH excluding ortho intramolecular Hbond substituents is 1. The Hall–Kier alpha value is -3.48. The van der Waals surface area contributed by atoms with Crippen molar-refractivity contribution in [1.29, 1.82) is 0 Å². The van der Waals surface area contributed by atoms with E-state index in [-0.39, 0.29) is 17.7 Å². The number of methoxy groups -OCH3 is 1. The van der Waals surface area contributed by atoms with Crippen molar-refractivity contribution in [2.45, 2.75) is 26.3 Å². The summed E-state index contributed by atoms with van der Waals surface area (Å²) in [5.74, 6) is 1.15. The summed E-state index contributed by atoms with van der Waals surface area (Å²) in [6, 6.07) is 12.6. The van der Waals surface area contributed by atoms with Crippen LogP contribution in [0.4, 0.5) is 0 Å². The number of benzene rings is 2. The topological polar surface area (TPSA) is 87.7 Å². The third-order valence-electron chi connectivity index (χ3n) is 5.29.